The molecule has 2 amide bonds. The molecule has 27 heavy (non-hydrogen) atoms. The maximum Gasteiger partial charge on any atom is 0.328 e. The van der Waals surface area contributed by atoms with Crippen LogP contribution in [0.3, 0.4) is 0 Å². The summed E-state index contributed by atoms with van der Waals surface area (Å²) < 4.78 is 30.7. The van der Waals surface area contributed by atoms with Crippen LogP contribution in [-0.4, -0.2) is 30.4 Å². The van der Waals surface area contributed by atoms with E-state index in [4.69, 9.17) is 16.3 Å². The Morgan fingerprint density at radius 1 is 1.07 bits per heavy atom. The van der Waals surface area contributed by atoms with Gasteiger partial charge in [-0.05, 0) is 43.3 Å². The van der Waals surface area contributed by atoms with Crippen LogP contribution in [0.2, 0.25) is 5.02 Å². The van der Waals surface area contributed by atoms with Gasteiger partial charge in [0.1, 0.15) is 6.04 Å². The molecule has 0 bridgehead atoms. The van der Waals surface area contributed by atoms with E-state index in [0.29, 0.717) is 10.6 Å². The van der Waals surface area contributed by atoms with Crippen LogP contribution in [0.1, 0.15) is 17.3 Å². The molecule has 0 aliphatic rings. The van der Waals surface area contributed by atoms with E-state index < -0.39 is 42.1 Å². The van der Waals surface area contributed by atoms with Gasteiger partial charge in [-0.15, -0.1) is 0 Å². The van der Waals surface area contributed by atoms with Crippen LogP contribution in [0.25, 0.3) is 0 Å². The summed E-state index contributed by atoms with van der Waals surface area (Å²) in [6, 6.07) is 7.84. The molecule has 0 saturated carbocycles. The molecule has 2 aromatic rings. The predicted molar refractivity (Wildman–Crippen MR) is 94.3 cm³/mol. The third kappa shape index (κ3) is 6.03. The summed E-state index contributed by atoms with van der Waals surface area (Å²) in [6.07, 6.45) is 0. The first kappa shape index (κ1) is 20.3. The van der Waals surface area contributed by atoms with Gasteiger partial charge in [0.15, 0.2) is 18.2 Å². The lowest BCUT2D eigenvalue weighted by Gasteiger charge is -2.13. The summed E-state index contributed by atoms with van der Waals surface area (Å²) in [5.41, 5.74) is 0.314. The molecule has 2 N–H and O–H groups in total. The molecular weight excluding hydrogens is 382 g/mol. The van der Waals surface area contributed by atoms with Crippen LogP contribution in [0, 0.1) is 11.6 Å². The smallest absolute Gasteiger partial charge is 0.328 e. The molecule has 0 unspecified atom stereocenters. The highest BCUT2D eigenvalue weighted by Gasteiger charge is 2.19. The molecule has 1 atom stereocenters. The van der Waals surface area contributed by atoms with E-state index in [-0.39, 0.29) is 5.69 Å². The second-order valence-electron chi connectivity index (χ2n) is 5.49. The Bertz CT molecular complexity index is 859. The van der Waals surface area contributed by atoms with Gasteiger partial charge in [0.25, 0.3) is 11.8 Å². The maximum atomic E-state index is 13.1. The zero-order chi connectivity index (χ0) is 20.0. The van der Waals surface area contributed by atoms with Crippen LogP contribution in [-0.2, 0) is 14.3 Å². The van der Waals surface area contributed by atoms with Gasteiger partial charge in [-0.3, -0.25) is 9.59 Å². The Hall–Kier alpha value is -3.00. The third-order valence-corrected chi connectivity index (χ3v) is 3.61. The van der Waals surface area contributed by atoms with E-state index in [1.165, 1.54) is 31.2 Å². The summed E-state index contributed by atoms with van der Waals surface area (Å²) in [5, 5.41) is 5.14. The van der Waals surface area contributed by atoms with Crippen molar-refractivity contribution in [2.75, 3.05) is 11.9 Å². The number of nitrogens with one attached hydrogen (secondary N) is 2. The van der Waals surface area contributed by atoms with Crippen LogP contribution in [0.15, 0.2) is 42.5 Å². The lowest BCUT2D eigenvalue weighted by molar-refractivity contribution is -0.148. The molecule has 2 rings (SSSR count). The Kier molecular flexibility index (Phi) is 6.84. The minimum atomic E-state index is -1.12. The van der Waals surface area contributed by atoms with E-state index in [9.17, 15) is 23.2 Å². The van der Waals surface area contributed by atoms with Crippen molar-refractivity contribution in [1.29, 1.82) is 0 Å². The van der Waals surface area contributed by atoms with Crippen molar-refractivity contribution in [1.82, 2.24) is 5.32 Å². The first-order valence-corrected chi connectivity index (χ1v) is 8.12. The van der Waals surface area contributed by atoms with Crippen molar-refractivity contribution >= 4 is 35.1 Å². The molecule has 0 aliphatic heterocycles. The molecule has 0 fully saturated rings. The number of rotatable bonds is 6. The number of carbonyl (C=O) groups is 3. The van der Waals surface area contributed by atoms with Gasteiger partial charge in [0.05, 0.1) is 0 Å². The van der Waals surface area contributed by atoms with Crippen LogP contribution >= 0.6 is 11.6 Å². The fraction of sp³-hybridized carbons (Fsp3) is 0.167. The minimum absolute atomic E-state index is 0.0130. The van der Waals surface area contributed by atoms with E-state index >= 15 is 0 Å². The van der Waals surface area contributed by atoms with E-state index in [0.717, 1.165) is 18.2 Å². The summed E-state index contributed by atoms with van der Waals surface area (Å²) >= 11 is 5.73. The molecule has 0 aromatic heterocycles. The fourth-order valence-corrected chi connectivity index (χ4v) is 2.10. The SMILES string of the molecule is C[C@H](NC(=O)c1ccc(Cl)cc1)C(=O)OCC(=O)Nc1ccc(F)c(F)c1. The third-order valence-electron chi connectivity index (χ3n) is 3.36. The molecule has 0 heterocycles. The average molecular weight is 397 g/mol. The molecule has 0 radical (unpaired) electrons. The number of carbonyl (C=O) groups excluding carboxylic acids is 3. The zero-order valence-electron chi connectivity index (χ0n) is 14.1. The standard InChI is InChI=1S/C18H15ClF2N2O4/c1-10(22-17(25)11-2-4-12(19)5-3-11)18(26)27-9-16(24)23-13-6-7-14(20)15(21)8-13/h2-8,10H,9H2,1H3,(H,22,25)(H,23,24)/t10-/m0/s1. The number of esters is 1. The maximum absolute atomic E-state index is 13.1. The second kappa shape index (κ2) is 9.09. The number of benzene rings is 2. The van der Waals surface area contributed by atoms with Gasteiger partial charge in [0.2, 0.25) is 0 Å². The van der Waals surface area contributed by atoms with Crippen molar-refractivity contribution in [2.24, 2.45) is 0 Å². The largest absolute Gasteiger partial charge is 0.454 e. The van der Waals surface area contributed by atoms with Gasteiger partial charge in [-0.1, -0.05) is 11.6 Å². The van der Waals surface area contributed by atoms with Gasteiger partial charge < -0.3 is 15.4 Å². The van der Waals surface area contributed by atoms with Gasteiger partial charge in [0, 0.05) is 22.3 Å². The number of amides is 2. The number of hydrogen-bond acceptors (Lipinski definition) is 4. The summed E-state index contributed by atoms with van der Waals surface area (Å²) in [5.74, 6) is -4.27. The van der Waals surface area contributed by atoms with Crippen molar-refractivity contribution in [3.05, 3.63) is 64.7 Å². The topological polar surface area (TPSA) is 84.5 Å². The van der Waals surface area contributed by atoms with E-state index in [2.05, 4.69) is 10.6 Å². The summed E-state index contributed by atoms with van der Waals surface area (Å²) in [6.45, 7) is 0.738. The van der Waals surface area contributed by atoms with Crippen molar-refractivity contribution in [2.45, 2.75) is 13.0 Å². The summed E-state index contributed by atoms with van der Waals surface area (Å²) in [7, 11) is 0. The Morgan fingerprint density at radius 2 is 1.74 bits per heavy atom. The number of hydrogen-bond donors (Lipinski definition) is 2. The normalized spacial score (nSPS) is 11.4. The van der Waals surface area contributed by atoms with Crippen molar-refractivity contribution in [3.63, 3.8) is 0 Å². The molecule has 0 spiro atoms. The van der Waals surface area contributed by atoms with E-state index in [1.54, 1.807) is 0 Å². The first-order valence-electron chi connectivity index (χ1n) is 7.74. The Balaban J connectivity index is 1.81. The molecule has 6 nitrogen and oxygen atoms in total. The highest BCUT2D eigenvalue weighted by molar-refractivity contribution is 6.30. The predicted octanol–water partition coefficient (Wildman–Crippen LogP) is 2.92. The highest BCUT2D eigenvalue weighted by Crippen LogP contribution is 2.13. The number of halogens is 3. The van der Waals surface area contributed by atoms with Crippen LogP contribution < -0.4 is 10.6 Å². The number of ether oxygens (including phenoxy) is 1. The van der Waals surface area contributed by atoms with Gasteiger partial charge in [-0.2, -0.15) is 0 Å². The number of anilines is 1. The highest BCUT2D eigenvalue weighted by atomic mass is 35.5. The Morgan fingerprint density at radius 3 is 2.37 bits per heavy atom. The minimum Gasteiger partial charge on any atom is -0.454 e. The molecule has 2 aromatic carbocycles. The molecule has 9 heteroatoms. The van der Waals surface area contributed by atoms with Crippen LogP contribution in [0.5, 0.6) is 0 Å². The second-order valence-corrected chi connectivity index (χ2v) is 5.92. The quantitative estimate of drug-likeness (QED) is 0.735. The molecule has 0 aliphatic carbocycles. The average Bonchev–Trinajstić information content (AvgIpc) is 2.63. The molecule has 0 saturated heterocycles. The van der Waals surface area contributed by atoms with Crippen molar-refractivity contribution < 1.29 is 27.9 Å². The lowest BCUT2D eigenvalue weighted by atomic mass is 10.2. The Labute approximate surface area is 158 Å². The van der Waals surface area contributed by atoms with Gasteiger partial charge in [-0.25, -0.2) is 13.6 Å². The van der Waals surface area contributed by atoms with Crippen LogP contribution in [0.4, 0.5) is 14.5 Å². The van der Waals surface area contributed by atoms with Gasteiger partial charge >= 0.3 is 5.97 Å². The monoisotopic (exact) mass is 396 g/mol. The van der Waals surface area contributed by atoms with E-state index in [1.807, 2.05) is 0 Å². The lowest BCUT2D eigenvalue weighted by Crippen LogP contribution is -2.40. The first-order chi connectivity index (χ1) is 12.8. The zero-order valence-corrected chi connectivity index (χ0v) is 14.8. The summed E-state index contributed by atoms with van der Waals surface area (Å²) in [4.78, 5) is 35.6. The molecule has 142 valence electrons. The molecular formula is C18H15ClF2N2O4. The fourth-order valence-electron chi connectivity index (χ4n) is 1.97. The van der Waals surface area contributed by atoms with Crippen molar-refractivity contribution in [3.8, 4) is 0 Å².